The van der Waals surface area contributed by atoms with E-state index in [2.05, 4.69) is 24.1 Å². The third-order valence-corrected chi connectivity index (χ3v) is 4.69. The van der Waals surface area contributed by atoms with Crippen LogP contribution in [-0.2, 0) is 0 Å². The van der Waals surface area contributed by atoms with Crippen molar-refractivity contribution in [2.24, 2.45) is 0 Å². The van der Waals surface area contributed by atoms with E-state index in [-0.39, 0.29) is 5.82 Å². The van der Waals surface area contributed by atoms with E-state index in [1.807, 2.05) is 17.5 Å². The van der Waals surface area contributed by atoms with Crippen LogP contribution in [0.3, 0.4) is 0 Å². The molecular weight excluding hydrogens is 269 g/mol. The SMILES string of the molecule is CN1CCC(=Cc2ccc(F)cc2-c2cccs2)CC1. The molecule has 1 fully saturated rings. The topological polar surface area (TPSA) is 3.24 Å². The quantitative estimate of drug-likeness (QED) is 0.776. The number of likely N-dealkylation sites (tertiary alicyclic amines) is 1. The molecule has 1 aromatic heterocycles. The zero-order valence-electron chi connectivity index (χ0n) is 11.6. The lowest BCUT2D eigenvalue weighted by Gasteiger charge is -2.24. The van der Waals surface area contributed by atoms with Crippen LogP contribution < -0.4 is 0 Å². The van der Waals surface area contributed by atoms with Crippen molar-refractivity contribution in [2.45, 2.75) is 12.8 Å². The Labute approximate surface area is 123 Å². The maximum Gasteiger partial charge on any atom is 0.123 e. The summed E-state index contributed by atoms with van der Waals surface area (Å²) in [4.78, 5) is 3.48. The van der Waals surface area contributed by atoms with Gasteiger partial charge >= 0.3 is 0 Å². The largest absolute Gasteiger partial charge is 0.306 e. The number of benzene rings is 1. The first-order valence-corrected chi connectivity index (χ1v) is 7.82. The van der Waals surface area contributed by atoms with Crippen LogP contribution in [0.15, 0.2) is 41.3 Å². The third-order valence-electron chi connectivity index (χ3n) is 3.79. The van der Waals surface area contributed by atoms with Crippen LogP contribution in [-0.4, -0.2) is 25.0 Å². The van der Waals surface area contributed by atoms with Crippen molar-refractivity contribution in [2.75, 3.05) is 20.1 Å². The number of thiophene rings is 1. The van der Waals surface area contributed by atoms with Crippen LogP contribution in [0.4, 0.5) is 4.39 Å². The van der Waals surface area contributed by atoms with Gasteiger partial charge in [-0.2, -0.15) is 0 Å². The molecule has 104 valence electrons. The molecule has 0 amide bonds. The highest BCUT2D eigenvalue weighted by Gasteiger charge is 2.12. The predicted octanol–water partition coefficient (Wildman–Crippen LogP) is 4.66. The number of rotatable bonds is 2. The first-order chi connectivity index (χ1) is 9.72. The van der Waals surface area contributed by atoms with Crippen LogP contribution in [0.1, 0.15) is 18.4 Å². The minimum absolute atomic E-state index is 0.168. The summed E-state index contributed by atoms with van der Waals surface area (Å²) in [6.45, 7) is 2.22. The molecular formula is C17H18FNS. The van der Waals surface area contributed by atoms with Crippen molar-refractivity contribution in [1.29, 1.82) is 0 Å². The fourth-order valence-electron chi connectivity index (χ4n) is 2.57. The minimum Gasteiger partial charge on any atom is -0.306 e. The fraction of sp³-hybridized carbons (Fsp3) is 0.294. The van der Waals surface area contributed by atoms with E-state index in [1.54, 1.807) is 23.5 Å². The molecule has 0 N–H and O–H groups in total. The van der Waals surface area contributed by atoms with Gasteiger partial charge in [0.25, 0.3) is 0 Å². The number of nitrogens with zero attached hydrogens (tertiary/aromatic N) is 1. The van der Waals surface area contributed by atoms with Crippen molar-refractivity contribution in [3.63, 3.8) is 0 Å². The van der Waals surface area contributed by atoms with Gasteiger partial charge in [-0.1, -0.05) is 23.8 Å². The molecule has 0 atom stereocenters. The molecule has 0 spiro atoms. The van der Waals surface area contributed by atoms with E-state index in [9.17, 15) is 4.39 Å². The maximum absolute atomic E-state index is 13.5. The molecule has 0 bridgehead atoms. The Morgan fingerprint density at radius 2 is 2.00 bits per heavy atom. The van der Waals surface area contributed by atoms with Gasteiger partial charge in [-0.15, -0.1) is 11.3 Å². The molecule has 0 saturated carbocycles. The van der Waals surface area contributed by atoms with Gasteiger partial charge in [-0.3, -0.25) is 0 Å². The Morgan fingerprint density at radius 1 is 1.20 bits per heavy atom. The summed E-state index contributed by atoms with van der Waals surface area (Å²) in [6.07, 6.45) is 4.47. The Kier molecular flexibility index (Phi) is 3.99. The zero-order chi connectivity index (χ0) is 13.9. The fourth-order valence-corrected chi connectivity index (χ4v) is 3.33. The molecule has 1 saturated heterocycles. The zero-order valence-corrected chi connectivity index (χ0v) is 12.4. The Morgan fingerprint density at radius 3 is 2.70 bits per heavy atom. The summed E-state index contributed by atoms with van der Waals surface area (Å²) in [6, 6.07) is 9.16. The molecule has 2 aromatic rings. The van der Waals surface area contributed by atoms with Gasteiger partial charge in [0.1, 0.15) is 5.82 Å². The average Bonchev–Trinajstić information content (AvgIpc) is 2.97. The van der Waals surface area contributed by atoms with E-state index in [1.165, 1.54) is 5.57 Å². The van der Waals surface area contributed by atoms with E-state index in [4.69, 9.17) is 0 Å². The summed E-state index contributed by atoms with van der Waals surface area (Å²) in [5.74, 6) is -0.168. The van der Waals surface area contributed by atoms with E-state index < -0.39 is 0 Å². The third kappa shape index (κ3) is 3.00. The van der Waals surface area contributed by atoms with Gasteiger partial charge in [0, 0.05) is 23.5 Å². The highest BCUT2D eigenvalue weighted by Crippen LogP contribution is 2.31. The molecule has 0 unspecified atom stereocenters. The highest BCUT2D eigenvalue weighted by molar-refractivity contribution is 7.13. The minimum atomic E-state index is -0.168. The van der Waals surface area contributed by atoms with Crippen molar-refractivity contribution in [3.05, 3.63) is 52.7 Å². The molecule has 3 rings (SSSR count). The van der Waals surface area contributed by atoms with Crippen LogP contribution in [0.5, 0.6) is 0 Å². The van der Waals surface area contributed by atoms with Gasteiger partial charge in [-0.05, 0) is 49.0 Å². The second-order valence-corrected chi connectivity index (χ2v) is 6.26. The van der Waals surface area contributed by atoms with E-state index in [0.717, 1.165) is 41.9 Å². The molecule has 20 heavy (non-hydrogen) atoms. The summed E-state index contributed by atoms with van der Waals surface area (Å²) < 4.78 is 13.5. The standard InChI is InChI=1S/C17H18FNS/c1-19-8-6-13(7-9-19)11-14-4-5-15(18)12-16(14)17-3-2-10-20-17/h2-5,10-12H,6-9H2,1H3. The maximum atomic E-state index is 13.5. The lowest BCUT2D eigenvalue weighted by molar-refractivity contribution is 0.313. The summed E-state index contributed by atoms with van der Waals surface area (Å²) in [7, 11) is 2.16. The predicted molar refractivity (Wildman–Crippen MR) is 84.4 cm³/mol. The van der Waals surface area contributed by atoms with E-state index >= 15 is 0 Å². The molecule has 3 heteroatoms. The number of hydrogen-bond donors (Lipinski definition) is 0. The molecule has 1 aliphatic heterocycles. The number of halogens is 1. The van der Waals surface area contributed by atoms with Crippen molar-refractivity contribution in [1.82, 2.24) is 4.90 Å². The van der Waals surface area contributed by atoms with E-state index in [0.29, 0.717) is 0 Å². The molecule has 2 heterocycles. The summed E-state index contributed by atoms with van der Waals surface area (Å²) in [5.41, 5.74) is 3.60. The second-order valence-electron chi connectivity index (χ2n) is 5.31. The van der Waals surface area contributed by atoms with Gasteiger partial charge in [-0.25, -0.2) is 4.39 Å². The highest BCUT2D eigenvalue weighted by atomic mass is 32.1. The Balaban J connectivity index is 1.95. The van der Waals surface area contributed by atoms with Crippen molar-refractivity contribution >= 4 is 17.4 Å². The lowest BCUT2D eigenvalue weighted by Crippen LogP contribution is -2.26. The van der Waals surface area contributed by atoms with Gasteiger partial charge < -0.3 is 4.90 Å². The first kappa shape index (κ1) is 13.5. The van der Waals surface area contributed by atoms with Crippen LogP contribution in [0.2, 0.25) is 0 Å². The second kappa shape index (κ2) is 5.90. The van der Waals surface area contributed by atoms with Crippen LogP contribution in [0, 0.1) is 5.82 Å². The molecule has 1 nitrogen and oxygen atoms in total. The smallest absolute Gasteiger partial charge is 0.123 e. The average molecular weight is 287 g/mol. The monoisotopic (exact) mass is 287 g/mol. The van der Waals surface area contributed by atoms with Crippen molar-refractivity contribution in [3.8, 4) is 10.4 Å². The normalized spacial score (nSPS) is 16.4. The lowest BCUT2D eigenvalue weighted by atomic mass is 9.98. The number of piperidine rings is 1. The molecule has 0 aliphatic carbocycles. The van der Waals surface area contributed by atoms with Crippen LogP contribution >= 0.6 is 11.3 Å². The molecule has 0 radical (unpaired) electrons. The number of hydrogen-bond acceptors (Lipinski definition) is 2. The Hall–Kier alpha value is -1.45. The van der Waals surface area contributed by atoms with Crippen LogP contribution in [0.25, 0.3) is 16.5 Å². The first-order valence-electron chi connectivity index (χ1n) is 6.94. The molecule has 1 aromatic carbocycles. The van der Waals surface area contributed by atoms with Gasteiger partial charge in [0.15, 0.2) is 0 Å². The summed E-state index contributed by atoms with van der Waals surface area (Å²) >= 11 is 1.66. The van der Waals surface area contributed by atoms with Crippen molar-refractivity contribution < 1.29 is 4.39 Å². The molecule has 1 aliphatic rings. The van der Waals surface area contributed by atoms with Gasteiger partial charge in [0.2, 0.25) is 0 Å². The summed E-state index contributed by atoms with van der Waals surface area (Å²) in [5, 5.41) is 2.03. The van der Waals surface area contributed by atoms with Gasteiger partial charge in [0.05, 0.1) is 0 Å². The Bertz CT molecular complexity index is 606.